The van der Waals surface area contributed by atoms with Gasteiger partial charge in [-0.1, -0.05) is 17.8 Å². The number of amides is 1. The predicted octanol–water partition coefficient (Wildman–Crippen LogP) is 2.57. The van der Waals surface area contributed by atoms with Crippen molar-refractivity contribution >= 4 is 23.7 Å². The zero-order chi connectivity index (χ0) is 18.6. The third kappa shape index (κ3) is 3.63. The molecule has 0 bridgehead atoms. The van der Waals surface area contributed by atoms with E-state index in [1.54, 1.807) is 35.3 Å². The molecule has 0 fully saturated rings. The quantitative estimate of drug-likeness (QED) is 0.536. The fraction of sp³-hybridized carbons (Fsp3) is 0.111. The second-order valence-corrected chi connectivity index (χ2v) is 6.28. The molecule has 1 aliphatic heterocycles. The highest BCUT2D eigenvalue weighted by molar-refractivity contribution is 7.98. The summed E-state index contributed by atoms with van der Waals surface area (Å²) < 4.78 is 12.2. The summed E-state index contributed by atoms with van der Waals surface area (Å²) in [5.41, 5.74) is 4.43. The van der Waals surface area contributed by atoms with Crippen LogP contribution in [-0.2, 0) is 4.79 Å². The number of benzene rings is 1. The fourth-order valence-corrected chi connectivity index (χ4v) is 2.96. The zero-order valence-electron chi connectivity index (χ0n) is 14.3. The lowest BCUT2D eigenvalue weighted by Gasteiger charge is -2.09. The fourth-order valence-electron chi connectivity index (χ4n) is 2.53. The van der Waals surface area contributed by atoms with E-state index in [0.29, 0.717) is 22.5 Å². The molecule has 27 heavy (non-hydrogen) atoms. The van der Waals surface area contributed by atoms with E-state index < -0.39 is 0 Å². The van der Waals surface area contributed by atoms with Crippen molar-refractivity contribution in [3.05, 3.63) is 54.4 Å². The molecule has 3 heterocycles. The smallest absolute Gasteiger partial charge is 0.262 e. The minimum absolute atomic E-state index is 0.214. The average molecular weight is 381 g/mol. The molecule has 9 heteroatoms. The molecule has 0 spiro atoms. The number of nitrogens with one attached hydrogen (secondary N) is 1. The Hall–Kier alpha value is -3.33. The summed E-state index contributed by atoms with van der Waals surface area (Å²) in [7, 11) is 0. The Morgan fingerprint density at radius 2 is 2.00 bits per heavy atom. The first-order valence-corrected chi connectivity index (χ1v) is 9.25. The van der Waals surface area contributed by atoms with Gasteiger partial charge in [0.05, 0.1) is 0 Å². The lowest BCUT2D eigenvalue weighted by Crippen LogP contribution is -2.22. The average Bonchev–Trinajstić information content (AvgIpc) is 3.33. The zero-order valence-corrected chi connectivity index (χ0v) is 15.1. The van der Waals surface area contributed by atoms with Gasteiger partial charge in [-0.2, -0.15) is 0 Å². The minimum atomic E-state index is -0.307. The monoisotopic (exact) mass is 381 g/mol. The van der Waals surface area contributed by atoms with Gasteiger partial charge in [0.15, 0.2) is 17.3 Å². The van der Waals surface area contributed by atoms with E-state index in [4.69, 9.17) is 9.47 Å². The molecular formula is C18H15N5O3S. The van der Waals surface area contributed by atoms with Crippen molar-refractivity contribution < 1.29 is 14.3 Å². The molecule has 0 saturated carbocycles. The Kier molecular flexibility index (Phi) is 4.75. The molecule has 4 rings (SSSR count). The number of pyridine rings is 1. The van der Waals surface area contributed by atoms with Crippen molar-refractivity contribution in [2.45, 2.75) is 5.16 Å². The summed E-state index contributed by atoms with van der Waals surface area (Å²) in [6, 6.07) is 9.10. The van der Waals surface area contributed by atoms with Crippen molar-refractivity contribution in [1.82, 2.24) is 19.9 Å². The number of nitrogens with zero attached hydrogens (tertiary/aromatic N) is 4. The van der Waals surface area contributed by atoms with E-state index in [1.165, 1.54) is 17.8 Å². The van der Waals surface area contributed by atoms with Gasteiger partial charge in [-0.3, -0.25) is 15.2 Å². The Balaban J connectivity index is 1.53. The first-order valence-electron chi connectivity index (χ1n) is 8.03. The van der Waals surface area contributed by atoms with Crippen LogP contribution in [-0.4, -0.2) is 38.8 Å². The molecule has 3 aromatic rings. The number of fused-ring (bicyclic) bond motifs is 1. The summed E-state index contributed by atoms with van der Waals surface area (Å²) in [5.74, 6) is 1.60. The standard InChI is InChI=1S/C18H15N5O3S/c1-27-18-21-20-17(13-6-8-19-9-7-13)23(18)22-16(24)5-3-12-2-4-14-15(10-12)26-11-25-14/h2-10H,11H2,1H3,(H,22,24). The molecule has 0 aliphatic carbocycles. The highest BCUT2D eigenvalue weighted by Crippen LogP contribution is 2.32. The molecule has 1 aromatic carbocycles. The van der Waals surface area contributed by atoms with Crippen LogP contribution < -0.4 is 14.9 Å². The molecule has 136 valence electrons. The minimum Gasteiger partial charge on any atom is -0.454 e. The van der Waals surface area contributed by atoms with E-state index >= 15 is 0 Å². The second kappa shape index (κ2) is 7.50. The van der Waals surface area contributed by atoms with E-state index in [2.05, 4.69) is 20.6 Å². The van der Waals surface area contributed by atoms with Crippen LogP contribution in [0.3, 0.4) is 0 Å². The molecule has 0 unspecified atom stereocenters. The second-order valence-electron chi connectivity index (χ2n) is 5.50. The number of ether oxygens (including phenoxy) is 2. The Bertz CT molecular complexity index is 1000. The molecule has 1 amide bonds. The summed E-state index contributed by atoms with van der Waals surface area (Å²) in [5, 5.41) is 8.85. The Labute approximate surface area is 159 Å². The molecule has 1 N–H and O–H groups in total. The molecule has 1 aliphatic rings. The Morgan fingerprint density at radius 3 is 2.81 bits per heavy atom. The first kappa shape index (κ1) is 17.1. The number of carbonyl (C=O) groups excluding carboxylic acids is 1. The van der Waals surface area contributed by atoms with Crippen LogP contribution in [0, 0.1) is 0 Å². The molecule has 0 radical (unpaired) electrons. The van der Waals surface area contributed by atoms with Gasteiger partial charge in [-0.05, 0) is 42.2 Å². The summed E-state index contributed by atoms with van der Waals surface area (Å²) in [6.45, 7) is 0.214. The molecule has 8 nitrogen and oxygen atoms in total. The maximum absolute atomic E-state index is 12.4. The van der Waals surface area contributed by atoms with Gasteiger partial charge in [0.25, 0.3) is 5.91 Å². The molecule has 2 aromatic heterocycles. The largest absolute Gasteiger partial charge is 0.454 e. The maximum atomic E-state index is 12.4. The molecule has 0 atom stereocenters. The van der Waals surface area contributed by atoms with E-state index in [0.717, 1.165) is 11.1 Å². The predicted molar refractivity (Wildman–Crippen MR) is 101 cm³/mol. The van der Waals surface area contributed by atoms with Crippen LogP contribution in [0.5, 0.6) is 11.5 Å². The number of hydrogen-bond acceptors (Lipinski definition) is 7. The van der Waals surface area contributed by atoms with Crippen LogP contribution in [0.25, 0.3) is 17.5 Å². The topological polar surface area (TPSA) is 91.2 Å². The van der Waals surface area contributed by atoms with E-state index in [-0.39, 0.29) is 12.7 Å². The van der Waals surface area contributed by atoms with Gasteiger partial charge in [0.2, 0.25) is 11.9 Å². The van der Waals surface area contributed by atoms with Crippen molar-refractivity contribution in [2.24, 2.45) is 0 Å². The number of rotatable bonds is 5. The van der Waals surface area contributed by atoms with Gasteiger partial charge in [-0.25, -0.2) is 4.68 Å². The lowest BCUT2D eigenvalue weighted by atomic mass is 10.2. The number of carbonyl (C=O) groups is 1. The summed E-state index contributed by atoms with van der Waals surface area (Å²) in [4.78, 5) is 16.4. The SMILES string of the molecule is CSc1nnc(-c2ccncc2)n1NC(=O)C=Cc1ccc2c(c1)OCO2. The normalized spacial score (nSPS) is 12.5. The van der Waals surface area contributed by atoms with E-state index in [1.807, 2.05) is 24.5 Å². The maximum Gasteiger partial charge on any atom is 0.262 e. The van der Waals surface area contributed by atoms with Crippen LogP contribution in [0.2, 0.25) is 0 Å². The van der Waals surface area contributed by atoms with Crippen LogP contribution in [0.15, 0.2) is 54.0 Å². The van der Waals surface area contributed by atoms with Gasteiger partial charge >= 0.3 is 0 Å². The van der Waals surface area contributed by atoms with Crippen molar-refractivity contribution in [3.8, 4) is 22.9 Å². The van der Waals surface area contributed by atoms with Crippen LogP contribution in [0.4, 0.5) is 0 Å². The van der Waals surface area contributed by atoms with E-state index in [9.17, 15) is 4.79 Å². The highest BCUT2D eigenvalue weighted by atomic mass is 32.2. The molecular weight excluding hydrogens is 366 g/mol. The number of aromatic nitrogens is 4. The van der Waals surface area contributed by atoms with Crippen molar-refractivity contribution in [1.29, 1.82) is 0 Å². The summed E-state index contributed by atoms with van der Waals surface area (Å²) >= 11 is 1.39. The number of thioether (sulfide) groups is 1. The summed E-state index contributed by atoms with van der Waals surface area (Å²) in [6.07, 6.45) is 8.33. The molecule has 0 saturated heterocycles. The lowest BCUT2D eigenvalue weighted by molar-refractivity contribution is -0.112. The third-order valence-electron chi connectivity index (χ3n) is 3.80. The van der Waals surface area contributed by atoms with Gasteiger partial charge in [0, 0.05) is 24.0 Å². The Morgan fingerprint density at radius 1 is 1.19 bits per heavy atom. The van der Waals surface area contributed by atoms with Gasteiger partial charge in [0.1, 0.15) is 0 Å². The van der Waals surface area contributed by atoms with Gasteiger partial charge < -0.3 is 9.47 Å². The van der Waals surface area contributed by atoms with Crippen molar-refractivity contribution in [3.63, 3.8) is 0 Å². The van der Waals surface area contributed by atoms with Crippen molar-refractivity contribution in [2.75, 3.05) is 18.5 Å². The number of hydrogen-bond donors (Lipinski definition) is 1. The third-order valence-corrected chi connectivity index (χ3v) is 4.43. The first-order chi connectivity index (χ1) is 13.2. The van der Waals surface area contributed by atoms with Gasteiger partial charge in [-0.15, -0.1) is 10.2 Å². The van der Waals surface area contributed by atoms with Crippen LogP contribution in [0.1, 0.15) is 5.56 Å². The highest BCUT2D eigenvalue weighted by Gasteiger charge is 2.15. The van der Waals surface area contributed by atoms with Crippen LogP contribution >= 0.6 is 11.8 Å².